The maximum absolute atomic E-state index is 10.6. The Labute approximate surface area is 60.1 Å². The number of carbonyl (C=O) groups excluding carboxylic acids is 1. The topological polar surface area (TPSA) is 67.1 Å². The summed E-state index contributed by atoms with van der Waals surface area (Å²) in [5.41, 5.74) is 2.07. The molecule has 1 fully saturated rings. The summed E-state index contributed by atoms with van der Waals surface area (Å²) in [5, 5.41) is 3.08. The summed E-state index contributed by atoms with van der Waals surface area (Å²) < 4.78 is 0. The second-order valence-electron chi connectivity index (χ2n) is 2.58. The Kier molecular flexibility index (Phi) is 2.65. The highest BCUT2D eigenvalue weighted by molar-refractivity contribution is 5.77. The average Bonchev–Trinajstić information content (AvgIpc) is 1.84. The van der Waals surface area contributed by atoms with Gasteiger partial charge in [-0.25, -0.2) is 5.84 Å². The molecular formula is C6H13N3O. The third-order valence-electron chi connectivity index (χ3n) is 1.82. The molecule has 4 nitrogen and oxygen atoms in total. The van der Waals surface area contributed by atoms with E-state index < -0.39 is 0 Å². The van der Waals surface area contributed by atoms with Crippen LogP contribution in [0.3, 0.4) is 0 Å². The third kappa shape index (κ3) is 1.97. The first-order valence-corrected chi connectivity index (χ1v) is 3.56. The molecule has 10 heavy (non-hydrogen) atoms. The smallest absolute Gasteiger partial charge is 0.247 e. The van der Waals surface area contributed by atoms with E-state index in [0.717, 1.165) is 0 Å². The third-order valence-corrected chi connectivity index (χ3v) is 1.82. The fraction of sp³-hybridized carbons (Fsp3) is 0.833. The van der Waals surface area contributed by atoms with Crippen molar-refractivity contribution in [1.29, 1.82) is 0 Å². The molecule has 0 aromatic heterocycles. The molecule has 0 heterocycles. The summed E-state index contributed by atoms with van der Waals surface area (Å²) in [4.78, 5) is 10.6. The van der Waals surface area contributed by atoms with Crippen molar-refractivity contribution in [3.63, 3.8) is 0 Å². The molecule has 1 amide bonds. The van der Waals surface area contributed by atoms with Crippen molar-refractivity contribution in [2.24, 2.45) is 5.84 Å². The minimum atomic E-state index is -0.146. The first-order chi connectivity index (χ1) is 4.83. The Bertz CT molecular complexity index is 122. The second kappa shape index (κ2) is 3.53. The highest BCUT2D eigenvalue weighted by Gasteiger charge is 2.16. The number of amides is 1. The molecule has 0 bridgehead atoms. The van der Waals surface area contributed by atoms with Crippen LogP contribution in [0.15, 0.2) is 0 Å². The number of nitrogens with one attached hydrogen (secondary N) is 2. The van der Waals surface area contributed by atoms with Crippen LogP contribution in [-0.2, 0) is 4.79 Å². The van der Waals surface area contributed by atoms with E-state index in [2.05, 4.69) is 10.7 Å². The van der Waals surface area contributed by atoms with Crippen molar-refractivity contribution in [3.05, 3.63) is 0 Å². The molecule has 0 unspecified atom stereocenters. The lowest BCUT2D eigenvalue weighted by Crippen LogP contribution is -2.44. The molecule has 0 atom stereocenters. The first-order valence-electron chi connectivity index (χ1n) is 3.56. The van der Waals surface area contributed by atoms with Crippen molar-refractivity contribution in [1.82, 2.24) is 10.7 Å². The van der Waals surface area contributed by atoms with Gasteiger partial charge in [0.05, 0.1) is 6.54 Å². The number of hydrazine groups is 1. The van der Waals surface area contributed by atoms with Crippen molar-refractivity contribution in [2.45, 2.75) is 25.3 Å². The van der Waals surface area contributed by atoms with Gasteiger partial charge in [0, 0.05) is 6.04 Å². The summed E-state index contributed by atoms with van der Waals surface area (Å²) in [6.45, 7) is 0.348. The lowest BCUT2D eigenvalue weighted by molar-refractivity contribution is -0.120. The van der Waals surface area contributed by atoms with E-state index in [1.165, 1.54) is 19.3 Å². The second-order valence-corrected chi connectivity index (χ2v) is 2.58. The van der Waals surface area contributed by atoms with Crippen LogP contribution in [0.4, 0.5) is 0 Å². The summed E-state index contributed by atoms with van der Waals surface area (Å²) in [6, 6.07) is 0.553. The number of nitrogens with two attached hydrogens (primary N) is 1. The van der Waals surface area contributed by atoms with Gasteiger partial charge >= 0.3 is 0 Å². The van der Waals surface area contributed by atoms with Gasteiger partial charge in [-0.1, -0.05) is 6.42 Å². The van der Waals surface area contributed by atoms with E-state index in [0.29, 0.717) is 12.6 Å². The van der Waals surface area contributed by atoms with Crippen molar-refractivity contribution >= 4 is 5.91 Å². The fourth-order valence-corrected chi connectivity index (χ4v) is 0.900. The van der Waals surface area contributed by atoms with E-state index >= 15 is 0 Å². The van der Waals surface area contributed by atoms with E-state index in [1.807, 2.05) is 0 Å². The summed E-state index contributed by atoms with van der Waals surface area (Å²) >= 11 is 0. The monoisotopic (exact) mass is 143 g/mol. The quantitative estimate of drug-likeness (QED) is 0.273. The standard InChI is InChI=1S/C6H13N3O/c7-9-6(10)4-8-5-2-1-3-5/h5,8H,1-4,7H2,(H,9,10). The van der Waals surface area contributed by atoms with Gasteiger partial charge < -0.3 is 5.32 Å². The van der Waals surface area contributed by atoms with Gasteiger partial charge in [0.15, 0.2) is 0 Å². The minimum absolute atomic E-state index is 0.146. The molecule has 0 aromatic carbocycles. The number of hydrogen-bond acceptors (Lipinski definition) is 3. The molecule has 1 saturated carbocycles. The van der Waals surface area contributed by atoms with Gasteiger partial charge in [-0.3, -0.25) is 10.2 Å². The molecule has 1 rings (SSSR count). The molecule has 0 spiro atoms. The molecule has 1 aliphatic carbocycles. The van der Waals surface area contributed by atoms with Gasteiger partial charge in [-0.15, -0.1) is 0 Å². The molecule has 0 aromatic rings. The molecule has 4 N–H and O–H groups in total. The van der Waals surface area contributed by atoms with E-state index in [4.69, 9.17) is 5.84 Å². The van der Waals surface area contributed by atoms with Gasteiger partial charge in [0.25, 0.3) is 0 Å². The average molecular weight is 143 g/mol. The highest BCUT2D eigenvalue weighted by atomic mass is 16.2. The maximum atomic E-state index is 10.6. The largest absolute Gasteiger partial charge is 0.306 e. The predicted octanol–water partition coefficient (Wildman–Crippen LogP) is -0.882. The molecule has 58 valence electrons. The Morgan fingerprint density at radius 3 is 2.70 bits per heavy atom. The Morgan fingerprint density at radius 1 is 1.60 bits per heavy atom. The predicted molar refractivity (Wildman–Crippen MR) is 38.0 cm³/mol. The van der Waals surface area contributed by atoms with Crippen LogP contribution in [0.25, 0.3) is 0 Å². The molecule has 4 heteroatoms. The van der Waals surface area contributed by atoms with Gasteiger partial charge in [-0.2, -0.15) is 0 Å². The Morgan fingerprint density at radius 2 is 2.30 bits per heavy atom. The number of carbonyl (C=O) groups is 1. The minimum Gasteiger partial charge on any atom is -0.306 e. The zero-order valence-electron chi connectivity index (χ0n) is 5.89. The number of rotatable bonds is 3. The summed E-state index contributed by atoms with van der Waals surface area (Å²) in [5.74, 6) is 4.73. The van der Waals surface area contributed by atoms with Crippen LogP contribution in [0.1, 0.15) is 19.3 Å². The van der Waals surface area contributed by atoms with Gasteiger partial charge in [0.2, 0.25) is 5.91 Å². The van der Waals surface area contributed by atoms with Crippen molar-refractivity contribution in [2.75, 3.05) is 6.54 Å². The molecule has 0 radical (unpaired) electrons. The van der Waals surface area contributed by atoms with Gasteiger partial charge in [-0.05, 0) is 12.8 Å². The molecule has 0 saturated heterocycles. The van der Waals surface area contributed by atoms with Crippen LogP contribution in [-0.4, -0.2) is 18.5 Å². The van der Waals surface area contributed by atoms with Crippen LogP contribution >= 0.6 is 0 Å². The Hall–Kier alpha value is -0.610. The SMILES string of the molecule is NNC(=O)CNC1CCC1. The zero-order valence-corrected chi connectivity index (χ0v) is 5.89. The summed E-state index contributed by atoms with van der Waals surface area (Å²) in [7, 11) is 0. The van der Waals surface area contributed by atoms with Crippen molar-refractivity contribution < 1.29 is 4.79 Å². The maximum Gasteiger partial charge on any atom is 0.247 e. The summed E-state index contributed by atoms with van der Waals surface area (Å²) in [6.07, 6.45) is 3.66. The number of hydrogen-bond donors (Lipinski definition) is 3. The van der Waals surface area contributed by atoms with E-state index in [-0.39, 0.29) is 5.91 Å². The van der Waals surface area contributed by atoms with E-state index in [1.54, 1.807) is 0 Å². The highest BCUT2D eigenvalue weighted by Crippen LogP contribution is 2.17. The first kappa shape index (κ1) is 7.50. The van der Waals surface area contributed by atoms with Crippen LogP contribution in [0.2, 0.25) is 0 Å². The van der Waals surface area contributed by atoms with Crippen LogP contribution in [0.5, 0.6) is 0 Å². The zero-order chi connectivity index (χ0) is 7.40. The van der Waals surface area contributed by atoms with E-state index in [9.17, 15) is 4.79 Å². The van der Waals surface area contributed by atoms with Gasteiger partial charge in [0.1, 0.15) is 0 Å². The Balaban J connectivity index is 1.98. The van der Waals surface area contributed by atoms with Crippen LogP contribution in [0, 0.1) is 0 Å². The van der Waals surface area contributed by atoms with Crippen LogP contribution < -0.4 is 16.6 Å². The lowest BCUT2D eigenvalue weighted by Gasteiger charge is -2.25. The van der Waals surface area contributed by atoms with Crippen molar-refractivity contribution in [3.8, 4) is 0 Å². The molecule has 1 aliphatic rings. The lowest BCUT2D eigenvalue weighted by atomic mass is 9.93. The molecule has 0 aliphatic heterocycles. The normalized spacial score (nSPS) is 18.1. The molecular weight excluding hydrogens is 130 g/mol. The fourth-order valence-electron chi connectivity index (χ4n) is 0.900.